The van der Waals surface area contributed by atoms with Crippen LogP contribution in [0, 0.1) is 11.8 Å². The SMILES string of the molecule is CCCCCCCCCCCCC(=O)O[C@H](COC(=O)CCCCCCCCCC)COP(=O)(O)OC[C@H](O)COP(=O)(O)OC[C@@H](COC(=O)CCCCCCCCCCCCCCCCC(C)CC)OC(=O)CCCCCCCCCCCCCCCCC(C)CC. The molecule has 0 radical (unpaired) electrons. The van der Waals surface area contributed by atoms with Gasteiger partial charge in [-0.25, -0.2) is 9.13 Å². The van der Waals surface area contributed by atoms with Crippen LogP contribution >= 0.6 is 15.6 Å². The molecular weight excluding hydrogens is 1230 g/mol. The van der Waals surface area contributed by atoms with E-state index in [0.717, 1.165) is 108 Å². The van der Waals surface area contributed by atoms with Crippen molar-refractivity contribution in [3.63, 3.8) is 0 Å². The number of aliphatic hydroxyl groups excluding tert-OH is 1. The van der Waals surface area contributed by atoms with E-state index in [4.69, 9.17) is 37.0 Å². The molecule has 0 aliphatic rings. The van der Waals surface area contributed by atoms with Crippen LogP contribution in [0.3, 0.4) is 0 Å². The molecule has 4 unspecified atom stereocenters. The number of rotatable bonds is 74. The van der Waals surface area contributed by atoms with E-state index in [-0.39, 0.29) is 25.7 Å². The number of phosphoric ester groups is 2. The molecule has 0 saturated heterocycles. The molecule has 19 heteroatoms. The molecule has 0 spiro atoms. The number of esters is 4. The molecule has 3 N–H and O–H groups in total. The number of hydrogen-bond donors (Lipinski definition) is 3. The largest absolute Gasteiger partial charge is 0.472 e. The van der Waals surface area contributed by atoms with Crippen molar-refractivity contribution in [3.05, 3.63) is 0 Å². The van der Waals surface area contributed by atoms with Gasteiger partial charge in [0, 0.05) is 25.7 Å². The third-order valence-corrected chi connectivity index (χ3v) is 20.1. The number of ether oxygens (including phenoxy) is 4. The zero-order valence-electron chi connectivity index (χ0n) is 61.3. The number of aliphatic hydroxyl groups is 1. The van der Waals surface area contributed by atoms with Gasteiger partial charge in [-0.05, 0) is 37.5 Å². The molecule has 0 amide bonds. The van der Waals surface area contributed by atoms with Crippen molar-refractivity contribution in [1.82, 2.24) is 0 Å². The van der Waals surface area contributed by atoms with Crippen molar-refractivity contribution in [3.8, 4) is 0 Å². The van der Waals surface area contributed by atoms with E-state index < -0.39 is 97.5 Å². The van der Waals surface area contributed by atoms with Crippen LogP contribution in [-0.4, -0.2) is 96.7 Å². The Bertz CT molecular complexity index is 1820. The molecule has 0 heterocycles. The van der Waals surface area contributed by atoms with Gasteiger partial charge in [0.05, 0.1) is 26.4 Å². The summed E-state index contributed by atoms with van der Waals surface area (Å²) in [6, 6.07) is 0. The van der Waals surface area contributed by atoms with Gasteiger partial charge in [-0.2, -0.15) is 0 Å². The van der Waals surface area contributed by atoms with Crippen LogP contribution < -0.4 is 0 Å². The van der Waals surface area contributed by atoms with E-state index in [1.54, 1.807) is 0 Å². The fraction of sp³-hybridized carbons (Fsp3) is 0.947. The fourth-order valence-corrected chi connectivity index (χ4v) is 13.0. The standard InChI is InChI=1S/C75H146O17P2/c1-7-11-13-15-17-19-34-41-47-53-59-74(79)91-70(63-85-72(77)57-51-45-39-18-16-14-12-8-2)65-89-93(81,82)87-61-69(76)62-88-94(83,84)90-66-71(92-75(80)60-54-48-42-36-31-27-23-21-25-29-33-38-44-50-56-68(6)10-4)64-86-73(78)58-52-46-40-35-30-26-22-20-24-28-32-37-43-49-55-67(5)9-3/h67-71,76H,7-66H2,1-6H3,(H,81,82)(H,83,84)/t67?,68?,69-,70+,71+/m0/s1. The van der Waals surface area contributed by atoms with Crippen LogP contribution in [0.2, 0.25) is 0 Å². The van der Waals surface area contributed by atoms with Gasteiger partial charge >= 0.3 is 39.5 Å². The van der Waals surface area contributed by atoms with E-state index in [9.17, 15) is 43.2 Å². The molecule has 0 aliphatic heterocycles. The molecule has 0 bridgehead atoms. The Kier molecular flexibility index (Phi) is 65.5. The molecule has 0 saturated carbocycles. The molecule has 17 nitrogen and oxygen atoms in total. The normalized spacial score (nSPS) is 14.6. The number of carbonyl (C=O) groups excluding carboxylic acids is 4. The van der Waals surface area contributed by atoms with Crippen molar-refractivity contribution in [2.75, 3.05) is 39.6 Å². The van der Waals surface area contributed by atoms with E-state index in [1.165, 1.54) is 199 Å². The summed E-state index contributed by atoms with van der Waals surface area (Å²) in [6.45, 7) is 9.66. The van der Waals surface area contributed by atoms with Crippen molar-refractivity contribution in [2.24, 2.45) is 11.8 Å². The Morgan fingerprint density at radius 2 is 0.511 bits per heavy atom. The number of carbonyl (C=O) groups is 4. The van der Waals surface area contributed by atoms with E-state index in [1.807, 2.05) is 0 Å². The predicted molar refractivity (Wildman–Crippen MR) is 381 cm³/mol. The summed E-state index contributed by atoms with van der Waals surface area (Å²) in [5.41, 5.74) is 0. The summed E-state index contributed by atoms with van der Waals surface area (Å²) in [5.74, 6) is -0.424. The average molecular weight is 1380 g/mol. The summed E-state index contributed by atoms with van der Waals surface area (Å²) in [7, 11) is -9.90. The lowest BCUT2D eigenvalue weighted by molar-refractivity contribution is -0.161. The van der Waals surface area contributed by atoms with E-state index in [0.29, 0.717) is 25.7 Å². The molecule has 0 rings (SSSR count). The van der Waals surface area contributed by atoms with E-state index >= 15 is 0 Å². The highest BCUT2D eigenvalue weighted by Gasteiger charge is 2.30. The van der Waals surface area contributed by atoms with Gasteiger partial charge in [-0.1, -0.05) is 337 Å². The molecule has 0 fully saturated rings. The Morgan fingerprint density at radius 3 is 0.755 bits per heavy atom. The molecule has 0 aromatic heterocycles. The molecule has 94 heavy (non-hydrogen) atoms. The summed E-state index contributed by atoms with van der Waals surface area (Å²) < 4.78 is 68.4. The Labute approximate surface area is 575 Å². The highest BCUT2D eigenvalue weighted by atomic mass is 31.2. The van der Waals surface area contributed by atoms with Gasteiger partial charge in [-0.15, -0.1) is 0 Å². The van der Waals surface area contributed by atoms with Gasteiger partial charge in [-0.3, -0.25) is 37.3 Å². The highest BCUT2D eigenvalue weighted by Crippen LogP contribution is 2.45. The van der Waals surface area contributed by atoms with Crippen LogP contribution in [0.25, 0.3) is 0 Å². The lowest BCUT2D eigenvalue weighted by Gasteiger charge is -2.21. The van der Waals surface area contributed by atoms with Crippen LogP contribution in [0.15, 0.2) is 0 Å². The summed E-state index contributed by atoms with van der Waals surface area (Å²) in [6.07, 6.45) is 54.0. The lowest BCUT2D eigenvalue weighted by Crippen LogP contribution is -2.30. The minimum atomic E-state index is -4.96. The summed E-state index contributed by atoms with van der Waals surface area (Å²) >= 11 is 0. The maximum Gasteiger partial charge on any atom is 0.472 e. The second-order valence-electron chi connectivity index (χ2n) is 27.5. The second kappa shape index (κ2) is 66.9. The van der Waals surface area contributed by atoms with Crippen molar-refractivity contribution >= 4 is 39.5 Å². The first kappa shape index (κ1) is 92.1. The number of phosphoric acid groups is 2. The quantitative estimate of drug-likeness (QED) is 0.0222. The molecule has 0 aliphatic carbocycles. The fourth-order valence-electron chi connectivity index (χ4n) is 11.4. The number of hydrogen-bond acceptors (Lipinski definition) is 15. The first-order valence-corrected chi connectivity index (χ1v) is 42.1. The average Bonchev–Trinajstić information content (AvgIpc) is 1.35. The smallest absolute Gasteiger partial charge is 0.462 e. The monoisotopic (exact) mass is 1380 g/mol. The van der Waals surface area contributed by atoms with Gasteiger partial charge in [0.15, 0.2) is 12.2 Å². The Balaban J connectivity index is 5.20. The van der Waals surface area contributed by atoms with Crippen LogP contribution in [0.4, 0.5) is 0 Å². The Morgan fingerprint density at radius 1 is 0.298 bits per heavy atom. The zero-order chi connectivity index (χ0) is 69.3. The lowest BCUT2D eigenvalue weighted by atomic mass is 9.99. The summed E-state index contributed by atoms with van der Waals surface area (Å²) in [5, 5.41) is 10.6. The molecular formula is C75H146O17P2. The number of unbranched alkanes of at least 4 members (excludes halogenated alkanes) is 42. The zero-order valence-corrected chi connectivity index (χ0v) is 63.1. The topological polar surface area (TPSA) is 237 Å². The van der Waals surface area contributed by atoms with Gasteiger partial charge in [0.2, 0.25) is 0 Å². The van der Waals surface area contributed by atoms with Gasteiger partial charge < -0.3 is 33.8 Å². The maximum atomic E-state index is 13.1. The van der Waals surface area contributed by atoms with Crippen LogP contribution in [0.1, 0.15) is 388 Å². The third-order valence-electron chi connectivity index (χ3n) is 18.2. The first-order chi connectivity index (χ1) is 45.4. The molecule has 558 valence electrons. The van der Waals surface area contributed by atoms with Gasteiger partial charge in [0.25, 0.3) is 0 Å². The highest BCUT2D eigenvalue weighted by molar-refractivity contribution is 7.47. The van der Waals surface area contributed by atoms with Crippen LogP contribution in [-0.2, 0) is 65.4 Å². The van der Waals surface area contributed by atoms with Crippen molar-refractivity contribution in [1.29, 1.82) is 0 Å². The third kappa shape index (κ3) is 66.0. The van der Waals surface area contributed by atoms with Crippen molar-refractivity contribution < 1.29 is 80.2 Å². The van der Waals surface area contributed by atoms with E-state index in [2.05, 4.69) is 41.5 Å². The molecule has 0 aromatic rings. The maximum absolute atomic E-state index is 13.1. The molecule has 7 atom stereocenters. The van der Waals surface area contributed by atoms with Crippen molar-refractivity contribution in [2.45, 2.75) is 407 Å². The Hall–Kier alpha value is -1.94. The molecule has 0 aromatic carbocycles. The minimum Gasteiger partial charge on any atom is -0.462 e. The van der Waals surface area contributed by atoms with Crippen LogP contribution in [0.5, 0.6) is 0 Å². The first-order valence-electron chi connectivity index (χ1n) is 39.1. The predicted octanol–water partition coefficient (Wildman–Crippen LogP) is 21.9. The minimum absolute atomic E-state index is 0.106. The summed E-state index contributed by atoms with van der Waals surface area (Å²) in [4.78, 5) is 72.6. The van der Waals surface area contributed by atoms with Gasteiger partial charge in [0.1, 0.15) is 19.3 Å². The second-order valence-corrected chi connectivity index (χ2v) is 30.4.